The first kappa shape index (κ1) is 23.5. The van der Waals surface area contributed by atoms with Gasteiger partial charge in [-0.3, -0.25) is 10.2 Å². The molecular weight excluding hydrogens is 374 g/mol. The highest BCUT2D eigenvalue weighted by Gasteiger charge is 2.24. The van der Waals surface area contributed by atoms with Gasteiger partial charge in [0.1, 0.15) is 11.6 Å². The van der Waals surface area contributed by atoms with Crippen LogP contribution >= 0.6 is 0 Å². The predicted molar refractivity (Wildman–Crippen MR) is 112 cm³/mol. The largest absolute Gasteiger partial charge is 0.496 e. The van der Waals surface area contributed by atoms with Crippen LogP contribution in [0.15, 0.2) is 36.4 Å². The van der Waals surface area contributed by atoms with Crippen LogP contribution in [-0.4, -0.2) is 37.1 Å². The third-order valence-electron chi connectivity index (χ3n) is 4.04. The zero-order chi connectivity index (χ0) is 22.1. The number of rotatable bonds is 6. The Labute approximate surface area is 170 Å². The molecule has 2 rings (SSSR count). The molecule has 0 heterocycles. The first-order valence-electron chi connectivity index (χ1n) is 8.74. The first-order valence-corrected chi connectivity index (χ1v) is 8.74. The molecule has 156 valence electrons. The van der Waals surface area contributed by atoms with Crippen molar-refractivity contribution < 1.29 is 24.2 Å². The minimum atomic E-state index is -0.833. The van der Waals surface area contributed by atoms with Gasteiger partial charge in [0.15, 0.2) is 6.04 Å². The minimum absolute atomic E-state index is 0.00214. The summed E-state index contributed by atoms with van der Waals surface area (Å²) >= 11 is 0. The fraction of sp³-hybridized carbons (Fsp3) is 0.286. The third kappa shape index (κ3) is 6.84. The summed E-state index contributed by atoms with van der Waals surface area (Å²) in [5.41, 5.74) is 9.50. The van der Waals surface area contributed by atoms with E-state index in [-0.39, 0.29) is 11.8 Å². The van der Waals surface area contributed by atoms with E-state index in [0.29, 0.717) is 5.56 Å². The number of ether oxygens (including phenoxy) is 2. The minimum Gasteiger partial charge on any atom is -0.496 e. The Hall–Kier alpha value is -3.55. The Morgan fingerprint density at radius 1 is 1.10 bits per heavy atom. The number of aliphatic carboxylic acids is 1. The first-order chi connectivity index (χ1) is 13.6. The highest BCUT2D eigenvalue weighted by Crippen LogP contribution is 2.29. The van der Waals surface area contributed by atoms with Crippen molar-refractivity contribution in [2.45, 2.75) is 26.8 Å². The number of nitrogens with one attached hydrogen (secondary N) is 2. The van der Waals surface area contributed by atoms with Crippen molar-refractivity contribution in [3.63, 3.8) is 0 Å². The molecule has 0 fully saturated rings. The van der Waals surface area contributed by atoms with E-state index in [1.54, 1.807) is 31.4 Å². The van der Waals surface area contributed by atoms with Gasteiger partial charge in [-0.2, -0.15) is 0 Å². The van der Waals surface area contributed by atoms with Crippen LogP contribution in [0.3, 0.4) is 0 Å². The summed E-state index contributed by atoms with van der Waals surface area (Å²) in [7, 11) is 2.98. The number of aryl methyl sites for hydroxylation is 2. The zero-order valence-electron chi connectivity index (χ0n) is 17.2. The normalized spacial score (nSPS) is 10.8. The number of benzene rings is 2. The second kappa shape index (κ2) is 10.7. The third-order valence-corrected chi connectivity index (χ3v) is 4.04. The number of carbonyl (C=O) groups is 2. The van der Waals surface area contributed by atoms with E-state index in [4.69, 9.17) is 30.5 Å². The maximum atomic E-state index is 12.3. The number of hydrogen-bond donors (Lipinski definition) is 4. The molecule has 8 heteroatoms. The number of carbonyl (C=O) groups excluding carboxylic acids is 1. The molecule has 2 aromatic rings. The van der Waals surface area contributed by atoms with Crippen LogP contribution < -0.4 is 15.8 Å². The Kier molecular flexibility index (Phi) is 8.67. The molecule has 0 spiro atoms. The summed E-state index contributed by atoms with van der Waals surface area (Å²) in [6.07, 6.45) is 0. The molecule has 0 aliphatic heterocycles. The van der Waals surface area contributed by atoms with Crippen molar-refractivity contribution >= 4 is 23.5 Å². The topological polar surface area (TPSA) is 135 Å². The standard InChI is InChI=1S/C19H23N3O3.C2H4O2/c1-11-10-16(24-3)12(2)9-15(11)17(19(23)25-4)22-14-7-5-13(6-8-14)18(20)21;1-2(3)4/h5-10,17,22H,1-4H3,(H3,20,21);1H3,(H,3,4). The molecule has 5 N–H and O–H groups in total. The highest BCUT2D eigenvalue weighted by atomic mass is 16.5. The molecule has 0 saturated heterocycles. The van der Waals surface area contributed by atoms with Gasteiger partial charge in [-0.05, 0) is 66.9 Å². The van der Waals surface area contributed by atoms with E-state index in [0.717, 1.165) is 35.1 Å². The van der Waals surface area contributed by atoms with Gasteiger partial charge in [0.2, 0.25) is 0 Å². The number of carboxylic acid groups (broad SMARTS) is 1. The van der Waals surface area contributed by atoms with E-state index < -0.39 is 12.0 Å². The molecule has 1 unspecified atom stereocenters. The molecule has 8 nitrogen and oxygen atoms in total. The van der Waals surface area contributed by atoms with Gasteiger partial charge < -0.3 is 25.6 Å². The number of esters is 1. The second-order valence-corrected chi connectivity index (χ2v) is 6.29. The lowest BCUT2D eigenvalue weighted by molar-refractivity contribution is -0.141. The molecule has 29 heavy (non-hydrogen) atoms. The summed E-state index contributed by atoms with van der Waals surface area (Å²) in [6.45, 7) is 4.94. The summed E-state index contributed by atoms with van der Waals surface area (Å²) in [5.74, 6) is -0.448. The number of amidine groups is 1. The van der Waals surface area contributed by atoms with Crippen molar-refractivity contribution in [3.8, 4) is 5.75 Å². The van der Waals surface area contributed by atoms with Gasteiger partial charge in [-0.15, -0.1) is 0 Å². The van der Waals surface area contributed by atoms with Crippen LogP contribution in [0, 0.1) is 19.3 Å². The number of anilines is 1. The SMILES string of the molecule is CC(=O)O.COC(=O)C(Nc1ccc(C(=N)N)cc1)c1cc(C)c(OC)cc1C. The number of nitrogen functional groups attached to an aromatic ring is 1. The van der Waals surface area contributed by atoms with Gasteiger partial charge >= 0.3 is 5.97 Å². The van der Waals surface area contributed by atoms with Crippen molar-refractivity contribution in [2.24, 2.45) is 5.73 Å². The lowest BCUT2D eigenvalue weighted by atomic mass is 9.97. The smallest absolute Gasteiger partial charge is 0.332 e. The Bertz CT molecular complexity index is 875. The van der Waals surface area contributed by atoms with E-state index >= 15 is 0 Å². The van der Waals surface area contributed by atoms with Crippen molar-refractivity contribution in [3.05, 3.63) is 58.7 Å². The molecule has 0 aromatic heterocycles. The Morgan fingerprint density at radius 3 is 2.10 bits per heavy atom. The molecule has 0 amide bonds. The fourth-order valence-corrected chi connectivity index (χ4v) is 2.64. The summed E-state index contributed by atoms with van der Waals surface area (Å²) in [5, 5.41) is 18.0. The molecule has 2 aromatic carbocycles. The number of carboxylic acids is 1. The number of nitrogens with two attached hydrogens (primary N) is 1. The summed E-state index contributed by atoms with van der Waals surface area (Å²) < 4.78 is 10.3. The lowest BCUT2D eigenvalue weighted by Crippen LogP contribution is -2.23. The van der Waals surface area contributed by atoms with Crippen molar-refractivity contribution in [1.82, 2.24) is 0 Å². The monoisotopic (exact) mass is 401 g/mol. The van der Waals surface area contributed by atoms with Crippen LogP contribution in [0.2, 0.25) is 0 Å². The van der Waals surface area contributed by atoms with Gasteiger partial charge in [-0.25, -0.2) is 4.79 Å². The maximum Gasteiger partial charge on any atom is 0.332 e. The Morgan fingerprint density at radius 2 is 1.66 bits per heavy atom. The second-order valence-electron chi connectivity index (χ2n) is 6.29. The molecule has 0 aliphatic carbocycles. The molecule has 0 saturated carbocycles. The maximum absolute atomic E-state index is 12.3. The van der Waals surface area contributed by atoms with Crippen LogP contribution in [0.5, 0.6) is 5.75 Å². The summed E-state index contributed by atoms with van der Waals surface area (Å²) in [6, 6.07) is 10.2. The van der Waals surface area contributed by atoms with Crippen LogP contribution in [-0.2, 0) is 14.3 Å². The molecule has 1 atom stereocenters. The van der Waals surface area contributed by atoms with Crippen LogP contribution in [0.1, 0.15) is 35.2 Å². The van der Waals surface area contributed by atoms with E-state index in [2.05, 4.69) is 5.32 Å². The van der Waals surface area contributed by atoms with Crippen LogP contribution in [0.25, 0.3) is 0 Å². The van der Waals surface area contributed by atoms with E-state index in [1.807, 2.05) is 26.0 Å². The molecule has 0 radical (unpaired) electrons. The quantitative estimate of drug-likeness (QED) is 0.332. The van der Waals surface area contributed by atoms with Crippen LogP contribution in [0.4, 0.5) is 5.69 Å². The zero-order valence-corrected chi connectivity index (χ0v) is 17.2. The highest BCUT2D eigenvalue weighted by molar-refractivity contribution is 5.95. The average molecular weight is 401 g/mol. The van der Waals surface area contributed by atoms with Gasteiger partial charge in [0.05, 0.1) is 14.2 Å². The average Bonchev–Trinajstić information content (AvgIpc) is 2.67. The molecule has 0 bridgehead atoms. The van der Waals surface area contributed by atoms with Gasteiger partial charge in [-0.1, -0.05) is 0 Å². The predicted octanol–water partition coefficient (Wildman–Crippen LogP) is 3.01. The van der Waals surface area contributed by atoms with E-state index in [1.165, 1.54) is 7.11 Å². The fourth-order valence-electron chi connectivity index (χ4n) is 2.64. The Balaban J connectivity index is 0.000000960. The van der Waals surface area contributed by atoms with Gasteiger partial charge in [0.25, 0.3) is 5.97 Å². The molecule has 0 aliphatic rings. The van der Waals surface area contributed by atoms with Gasteiger partial charge in [0, 0.05) is 18.2 Å². The number of methoxy groups -OCH3 is 2. The van der Waals surface area contributed by atoms with E-state index in [9.17, 15) is 4.79 Å². The van der Waals surface area contributed by atoms with Crippen molar-refractivity contribution in [2.75, 3.05) is 19.5 Å². The van der Waals surface area contributed by atoms with Crippen molar-refractivity contribution in [1.29, 1.82) is 5.41 Å². The summed E-state index contributed by atoms with van der Waals surface area (Å²) in [4.78, 5) is 21.3. The molecular formula is C21H27N3O5. The number of hydrogen-bond acceptors (Lipinski definition) is 6. The lowest BCUT2D eigenvalue weighted by Gasteiger charge is -2.21.